The highest BCUT2D eigenvalue weighted by Gasteiger charge is 2.35. The van der Waals surface area contributed by atoms with Crippen molar-refractivity contribution in [3.8, 4) is 11.4 Å². The lowest BCUT2D eigenvalue weighted by atomic mass is 9.91. The van der Waals surface area contributed by atoms with Gasteiger partial charge in [0, 0.05) is 78.2 Å². The summed E-state index contributed by atoms with van der Waals surface area (Å²) in [5.74, 6) is 0.108. The molecule has 1 saturated heterocycles. The van der Waals surface area contributed by atoms with E-state index in [-0.39, 0.29) is 30.0 Å². The second kappa shape index (κ2) is 11.4. The van der Waals surface area contributed by atoms with E-state index in [1.54, 1.807) is 6.20 Å². The number of nitrogens with one attached hydrogen (secondary N) is 2. The van der Waals surface area contributed by atoms with Crippen molar-refractivity contribution in [1.29, 1.82) is 0 Å². The summed E-state index contributed by atoms with van der Waals surface area (Å²) < 4.78 is 43.0. The fourth-order valence-electron chi connectivity index (χ4n) is 6.30. The van der Waals surface area contributed by atoms with Gasteiger partial charge in [0.05, 0.1) is 0 Å². The minimum atomic E-state index is -4.16. The van der Waals surface area contributed by atoms with E-state index in [0.29, 0.717) is 37.1 Å². The molecule has 4 aromatic heterocycles. The van der Waals surface area contributed by atoms with Crippen LogP contribution in [0.4, 0.5) is 13.2 Å². The van der Waals surface area contributed by atoms with Crippen molar-refractivity contribution in [2.45, 2.75) is 65.7 Å². The third kappa shape index (κ3) is 6.01. The second-order valence-corrected chi connectivity index (χ2v) is 11.6. The van der Waals surface area contributed by atoms with Crippen molar-refractivity contribution in [2.24, 2.45) is 13.0 Å². The number of aryl methyl sites for hydroxylation is 3. The zero-order chi connectivity index (χ0) is 30.3. The number of carbonyl (C=O) groups excluding carboxylic acids is 1. The second-order valence-electron chi connectivity index (χ2n) is 11.6. The van der Waals surface area contributed by atoms with Gasteiger partial charge in [-0.1, -0.05) is 0 Å². The molecule has 11 heteroatoms. The van der Waals surface area contributed by atoms with Crippen LogP contribution < -0.4 is 10.9 Å². The van der Waals surface area contributed by atoms with E-state index < -0.39 is 12.6 Å². The van der Waals surface area contributed by atoms with Crippen LogP contribution in [-0.2, 0) is 13.6 Å². The highest BCUT2D eigenvalue weighted by atomic mass is 19.4. The van der Waals surface area contributed by atoms with Crippen LogP contribution in [-0.4, -0.2) is 49.0 Å². The predicted molar refractivity (Wildman–Crippen MR) is 155 cm³/mol. The summed E-state index contributed by atoms with van der Waals surface area (Å²) in [6.07, 6.45) is 1.64. The van der Waals surface area contributed by atoms with Gasteiger partial charge in [-0.15, -0.1) is 0 Å². The van der Waals surface area contributed by atoms with Crippen LogP contribution in [0.15, 0.2) is 41.6 Å². The molecular formula is C31H37F3N6O2. The minimum Gasteiger partial charge on any atom is -0.348 e. The molecule has 224 valence electrons. The Kier molecular flexibility index (Phi) is 8.06. The molecule has 2 N–H and O–H groups in total. The van der Waals surface area contributed by atoms with Crippen molar-refractivity contribution in [3.63, 3.8) is 0 Å². The Morgan fingerprint density at radius 3 is 2.50 bits per heavy atom. The average Bonchev–Trinajstić information content (AvgIpc) is 3.52. The van der Waals surface area contributed by atoms with Gasteiger partial charge in [-0.3, -0.25) is 14.5 Å². The number of amides is 1. The Morgan fingerprint density at radius 1 is 1.17 bits per heavy atom. The number of nitrogens with zero attached hydrogens (tertiary/aromatic N) is 4. The van der Waals surface area contributed by atoms with Crippen LogP contribution in [0.1, 0.15) is 70.7 Å². The van der Waals surface area contributed by atoms with E-state index in [1.807, 2.05) is 69.9 Å². The van der Waals surface area contributed by atoms with E-state index in [1.165, 1.54) is 0 Å². The van der Waals surface area contributed by atoms with Crippen LogP contribution in [0.25, 0.3) is 16.9 Å². The first kappa shape index (κ1) is 29.6. The number of carbonyl (C=O) groups is 1. The number of alkyl halides is 3. The zero-order valence-electron chi connectivity index (χ0n) is 24.6. The number of fused-ring (bicyclic) bond motifs is 1. The standard InChI is InChI=1S/C31H37F3N6O2/c1-18-12-19(2)37-30(42)26(18)16-36-29(41)25-14-24-13-23(28-35-8-11-38(28)5)17-40(24)27(20(25)3)21(4)39-9-6-22(7-10-39)15-31(32,33)34/h8,11-14,17,21-22H,6-7,9-10,15-16H2,1-5H3,(H,36,41)(H,37,42). The Balaban J connectivity index is 1.50. The Labute approximate surface area is 242 Å². The molecule has 42 heavy (non-hydrogen) atoms. The number of imidazole rings is 1. The molecule has 1 aliphatic rings. The lowest BCUT2D eigenvalue weighted by Crippen LogP contribution is -2.38. The number of aromatic nitrogens is 4. The maximum Gasteiger partial charge on any atom is 0.389 e. The van der Waals surface area contributed by atoms with Gasteiger partial charge >= 0.3 is 6.18 Å². The molecule has 8 nitrogen and oxygen atoms in total. The summed E-state index contributed by atoms with van der Waals surface area (Å²) in [6, 6.07) is 5.54. The lowest BCUT2D eigenvalue weighted by molar-refractivity contribution is -0.147. The largest absolute Gasteiger partial charge is 0.389 e. The predicted octanol–water partition coefficient (Wildman–Crippen LogP) is 5.61. The Morgan fingerprint density at radius 2 is 1.88 bits per heavy atom. The molecular weight excluding hydrogens is 545 g/mol. The monoisotopic (exact) mass is 582 g/mol. The summed E-state index contributed by atoms with van der Waals surface area (Å²) >= 11 is 0. The summed E-state index contributed by atoms with van der Waals surface area (Å²) in [5.41, 5.74) is 5.70. The number of likely N-dealkylation sites (tertiary alicyclic amines) is 1. The van der Waals surface area contributed by atoms with Crippen LogP contribution >= 0.6 is 0 Å². The average molecular weight is 583 g/mol. The molecule has 0 aliphatic carbocycles. The number of hydrogen-bond acceptors (Lipinski definition) is 4. The smallest absolute Gasteiger partial charge is 0.348 e. The zero-order valence-corrected chi connectivity index (χ0v) is 24.6. The van der Waals surface area contributed by atoms with E-state index >= 15 is 0 Å². The number of hydrogen-bond donors (Lipinski definition) is 2. The third-order valence-corrected chi connectivity index (χ3v) is 8.55. The number of H-pyrrole nitrogens is 1. The maximum absolute atomic E-state index is 13.6. The first-order chi connectivity index (χ1) is 19.8. The number of pyridine rings is 2. The molecule has 1 atom stereocenters. The summed E-state index contributed by atoms with van der Waals surface area (Å²) in [4.78, 5) is 35.6. The number of halogens is 3. The van der Waals surface area contributed by atoms with Gasteiger partial charge in [0.15, 0.2) is 0 Å². The lowest BCUT2D eigenvalue weighted by Gasteiger charge is -2.37. The van der Waals surface area contributed by atoms with Crippen molar-refractivity contribution in [2.75, 3.05) is 13.1 Å². The number of aromatic amines is 1. The molecule has 1 amide bonds. The minimum absolute atomic E-state index is 0.0854. The fraction of sp³-hybridized carbons (Fsp3) is 0.452. The molecule has 5 rings (SSSR count). The Bertz CT molecular complexity index is 1670. The molecule has 0 bridgehead atoms. The highest BCUT2D eigenvalue weighted by molar-refractivity contribution is 5.97. The van der Waals surface area contributed by atoms with Crippen LogP contribution in [0, 0.1) is 26.7 Å². The van der Waals surface area contributed by atoms with Crippen molar-refractivity contribution >= 4 is 11.4 Å². The van der Waals surface area contributed by atoms with E-state index in [0.717, 1.165) is 39.4 Å². The molecule has 4 aromatic rings. The third-order valence-electron chi connectivity index (χ3n) is 8.55. The van der Waals surface area contributed by atoms with Gasteiger partial charge < -0.3 is 19.3 Å². The summed E-state index contributed by atoms with van der Waals surface area (Å²) in [6.45, 7) is 8.78. The topological polar surface area (TPSA) is 87.4 Å². The molecule has 0 aromatic carbocycles. The highest BCUT2D eigenvalue weighted by Crippen LogP contribution is 2.36. The Hall–Kier alpha value is -3.86. The molecule has 5 heterocycles. The molecule has 0 spiro atoms. The first-order valence-corrected chi connectivity index (χ1v) is 14.2. The molecule has 1 aliphatic heterocycles. The van der Waals surface area contributed by atoms with Crippen LogP contribution in [0.5, 0.6) is 0 Å². The molecule has 1 fully saturated rings. The van der Waals surface area contributed by atoms with E-state index in [2.05, 4.69) is 24.6 Å². The van der Waals surface area contributed by atoms with E-state index in [9.17, 15) is 22.8 Å². The summed E-state index contributed by atoms with van der Waals surface area (Å²) in [5, 5.41) is 2.93. The van der Waals surface area contributed by atoms with Crippen molar-refractivity contribution in [1.82, 2.24) is 29.2 Å². The number of rotatable bonds is 7. The molecule has 0 radical (unpaired) electrons. The maximum atomic E-state index is 13.6. The van der Waals surface area contributed by atoms with Gasteiger partial charge in [0.25, 0.3) is 11.5 Å². The summed E-state index contributed by atoms with van der Waals surface area (Å²) in [7, 11) is 1.91. The van der Waals surface area contributed by atoms with Gasteiger partial charge in [-0.05, 0) is 88.9 Å². The van der Waals surface area contributed by atoms with Crippen molar-refractivity contribution in [3.05, 3.63) is 80.8 Å². The van der Waals surface area contributed by atoms with Gasteiger partial charge in [0.2, 0.25) is 0 Å². The van der Waals surface area contributed by atoms with Gasteiger partial charge in [-0.2, -0.15) is 13.2 Å². The van der Waals surface area contributed by atoms with Crippen molar-refractivity contribution < 1.29 is 18.0 Å². The first-order valence-electron chi connectivity index (χ1n) is 14.2. The van der Waals surface area contributed by atoms with Gasteiger partial charge in [0.1, 0.15) is 5.82 Å². The van der Waals surface area contributed by atoms with E-state index in [4.69, 9.17) is 0 Å². The van der Waals surface area contributed by atoms with Crippen LogP contribution in [0.2, 0.25) is 0 Å². The molecule has 0 saturated carbocycles. The normalized spacial score (nSPS) is 15.8. The molecule has 1 unspecified atom stereocenters. The fourth-order valence-corrected chi connectivity index (χ4v) is 6.30. The number of piperidine rings is 1. The van der Waals surface area contributed by atoms with Gasteiger partial charge in [-0.25, -0.2) is 4.98 Å². The SMILES string of the molecule is Cc1cc(C)c(CNC(=O)c2cc3cc(-c4nccn4C)cn3c(C(C)N3CCC(CC(F)(F)F)CC3)c2C)c(=O)[nH]1. The van der Waals surface area contributed by atoms with Crippen LogP contribution in [0.3, 0.4) is 0 Å². The quantitative estimate of drug-likeness (QED) is 0.297.